The van der Waals surface area contributed by atoms with Crippen molar-refractivity contribution in [3.8, 4) is 17.2 Å². The molecular formula is C13H14O7. The van der Waals surface area contributed by atoms with Crippen LogP contribution in [0.25, 0.3) is 0 Å². The van der Waals surface area contributed by atoms with Crippen molar-refractivity contribution >= 4 is 11.9 Å². The highest BCUT2D eigenvalue weighted by Gasteiger charge is 2.21. The molecule has 1 N–H and O–H groups in total. The summed E-state index contributed by atoms with van der Waals surface area (Å²) >= 11 is 0. The Bertz CT molecular complexity index is 524. The Balaban J connectivity index is 2.03. The molecule has 0 aliphatic carbocycles. The van der Waals surface area contributed by atoms with E-state index in [4.69, 9.17) is 19.3 Å². The number of carboxylic acid groups (broad SMARTS) is 1. The number of methoxy groups -OCH3 is 1. The number of esters is 1. The molecule has 0 saturated carbocycles. The predicted octanol–water partition coefficient (Wildman–Crippen LogP) is 1.45. The number of aromatic carboxylic acids is 1. The number of hydrogen-bond donors (Lipinski definition) is 1. The van der Waals surface area contributed by atoms with Crippen LogP contribution >= 0.6 is 0 Å². The fraction of sp³-hybridized carbons (Fsp3) is 0.385. The lowest BCUT2D eigenvalue weighted by Crippen LogP contribution is -2.07. The average Bonchev–Trinajstić information content (AvgIpc) is 2.89. The normalized spacial score (nSPS) is 12.1. The van der Waals surface area contributed by atoms with Crippen LogP contribution in [0, 0.1) is 0 Å². The summed E-state index contributed by atoms with van der Waals surface area (Å²) in [4.78, 5) is 22.1. The lowest BCUT2D eigenvalue weighted by molar-refractivity contribution is -0.140. The summed E-state index contributed by atoms with van der Waals surface area (Å²) < 4.78 is 20.2. The zero-order valence-electron chi connectivity index (χ0n) is 10.9. The van der Waals surface area contributed by atoms with E-state index < -0.39 is 5.97 Å². The molecule has 1 aliphatic rings. The molecule has 0 atom stereocenters. The van der Waals surface area contributed by atoms with Crippen LogP contribution in [0.3, 0.4) is 0 Å². The third-order valence-corrected chi connectivity index (χ3v) is 2.72. The van der Waals surface area contributed by atoms with Gasteiger partial charge in [-0.2, -0.15) is 0 Å². The zero-order chi connectivity index (χ0) is 14.5. The first-order valence-electron chi connectivity index (χ1n) is 5.98. The van der Waals surface area contributed by atoms with E-state index in [-0.39, 0.29) is 37.1 Å². The highest BCUT2D eigenvalue weighted by molar-refractivity contribution is 5.92. The average molecular weight is 282 g/mol. The zero-order valence-corrected chi connectivity index (χ0v) is 10.9. The Morgan fingerprint density at radius 1 is 1.30 bits per heavy atom. The minimum atomic E-state index is -1.12. The van der Waals surface area contributed by atoms with Gasteiger partial charge in [-0.1, -0.05) is 0 Å². The second-order valence-corrected chi connectivity index (χ2v) is 4.03. The molecule has 1 aromatic rings. The van der Waals surface area contributed by atoms with Crippen molar-refractivity contribution < 1.29 is 33.6 Å². The summed E-state index contributed by atoms with van der Waals surface area (Å²) in [5, 5.41) is 9.13. The standard InChI is InChI=1S/C13H14O7/c1-17-12(14)3-2-4-18-9-6-11-10(19-7-20-11)5-8(9)13(15)16/h5-6H,2-4,7H2,1H3,(H,15,16). The van der Waals surface area contributed by atoms with E-state index in [0.29, 0.717) is 17.9 Å². The maximum Gasteiger partial charge on any atom is 0.339 e. The van der Waals surface area contributed by atoms with Crippen LogP contribution in [0.15, 0.2) is 12.1 Å². The number of carboxylic acids is 1. The summed E-state index contributed by atoms with van der Waals surface area (Å²) in [6, 6.07) is 2.84. The Hall–Kier alpha value is -2.44. The maximum absolute atomic E-state index is 11.2. The minimum absolute atomic E-state index is 0.00711. The van der Waals surface area contributed by atoms with Gasteiger partial charge >= 0.3 is 11.9 Å². The number of fused-ring (bicyclic) bond motifs is 1. The van der Waals surface area contributed by atoms with E-state index in [9.17, 15) is 9.59 Å². The van der Waals surface area contributed by atoms with Crippen molar-refractivity contribution in [3.05, 3.63) is 17.7 Å². The largest absolute Gasteiger partial charge is 0.493 e. The second kappa shape index (κ2) is 6.14. The number of rotatable bonds is 6. The van der Waals surface area contributed by atoms with Gasteiger partial charge in [0, 0.05) is 18.6 Å². The van der Waals surface area contributed by atoms with E-state index in [0.717, 1.165) is 0 Å². The molecule has 0 bridgehead atoms. The van der Waals surface area contributed by atoms with Gasteiger partial charge in [-0.15, -0.1) is 0 Å². The number of hydrogen-bond acceptors (Lipinski definition) is 6. The fourth-order valence-corrected chi connectivity index (χ4v) is 1.71. The maximum atomic E-state index is 11.2. The molecule has 0 spiro atoms. The summed E-state index contributed by atoms with van der Waals surface area (Å²) in [5.41, 5.74) is -0.00711. The van der Waals surface area contributed by atoms with Gasteiger partial charge in [-0.3, -0.25) is 4.79 Å². The first-order valence-corrected chi connectivity index (χ1v) is 5.98. The van der Waals surface area contributed by atoms with Gasteiger partial charge in [-0.05, 0) is 6.42 Å². The molecule has 0 radical (unpaired) electrons. The van der Waals surface area contributed by atoms with Crippen LogP contribution in [0.2, 0.25) is 0 Å². The fourth-order valence-electron chi connectivity index (χ4n) is 1.71. The van der Waals surface area contributed by atoms with E-state index in [1.165, 1.54) is 19.2 Å². The third kappa shape index (κ3) is 3.11. The monoisotopic (exact) mass is 282 g/mol. The van der Waals surface area contributed by atoms with Crippen molar-refractivity contribution in [1.29, 1.82) is 0 Å². The van der Waals surface area contributed by atoms with Crippen LogP contribution in [0.1, 0.15) is 23.2 Å². The molecule has 2 rings (SSSR count). The van der Waals surface area contributed by atoms with Crippen molar-refractivity contribution in [3.63, 3.8) is 0 Å². The number of carbonyl (C=O) groups is 2. The molecule has 0 amide bonds. The smallest absolute Gasteiger partial charge is 0.339 e. The van der Waals surface area contributed by atoms with Crippen molar-refractivity contribution in [2.75, 3.05) is 20.5 Å². The third-order valence-electron chi connectivity index (χ3n) is 2.72. The highest BCUT2D eigenvalue weighted by atomic mass is 16.7. The molecule has 108 valence electrons. The number of ether oxygens (including phenoxy) is 4. The molecule has 7 nitrogen and oxygen atoms in total. The molecule has 0 aromatic heterocycles. The molecule has 7 heteroatoms. The molecule has 0 saturated heterocycles. The first-order chi connectivity index (χ1) is 9.61. The van der Waals surface area contributed by atoms with Gasteiger partial charge in [0.25, 0.3) is 0 Å². The van der Waals surface area contributed by atoms with Gasteiger partial charge in [0.1, 0.15) is 11.3 Å². The van der Waals surface area contributed by atoms with Crippen molar-refractivity contribution in [2.45, 2.75) is 12.8 Å². The quantitative estimate of drug-likeness (QED) is 0.623. The second-order valence-electron chi connectivity index (χ2n) is 4.03. The molecule has 1 aliphatic heterocycles. The van der Waals surface area contributed by atoms with Crippen molar-refractivity contribution in [1.82, 2.24) is 0 Å². The predicted molar refractivity (Wildman–Crippen MR) is 66.3 cm³/mol. The van der Waals surface area contributed by atoms with Crippen molar-refractivity contribution in [2.24, 2.45) is 0 Å². The molecule has 1 heterocycles. The Kier molecular flexibility index (Phi) is 4.29. The van der Waals surface area contributed by atoms with Crippen LogP contribution in [-0.4, -0.2) is 37.6 Å². The molecule has 0 unspecified atom stereocenters. The summed E-state index contributed by atoms with van der Waals surface area (Å²) in [6.45, 7) is 0.259. The van der Waals surface area contributed by atoms with Gasteiger partial charge in [-0.25, -0.2) is 4.79 Å². The van der Waals surface area contributed by atoms with Gasteiger partial charge < -0.3 is 24.1 Å². The van der Waals surface area contributed by atoms with Crippen LogP contribution in [0.4, 0.5) is 0 Å². The van der Waals surface area contributed by atoms with E-state index in [1.54, 1.807) is 0 Å². The Labute approximate surface area is 115 Å². The van der Waals surface area contributed by atoms with E-state index in [1.807, 2.05) is 0 Å². The first kappa shape index (κ1) is 14.0. The minimum Gasteiger partial charge on any atom is -0.493 e. The molecule has 1 aromatic carbocycles. The molecule has 0 fully saturated rings. The number of carbonyl (C=O) groups excluding carboxylic acids is 1. The summed E-state index contributed by atoms with van der Waals surface area (Å²) in [6.07, 6.45) is 0.642. The lowest BCUT2D eigenvalue weighted by atomic mass is 10.2. The Morgan fingerprint density at radius 3 is 2.65 bits per heavy atom. The lowest BCUT2D eigenvalue weighted by Gasteiger charge is -2.10. The molecule has 20 heavy (non-hydrogen) atoms. The summed E-state index contributed by atoms with van der Waals surface area (Å²) in [5.74, 6) is -0.446. The summed E-state index contributed by atoms with van der Waals surface area (Å²) in [7, 11) is 1.31. The number of benzene rings is 1. The van der Waals surface area contributed by atoms with E-state index >= 15 is 0 Å². The van der Waals surface area contributed by atoms with Crippen LogP contribution in [-0.2, 0) is 9.53 Å². The van der Waals surface area contributed by atoms with E-state index in [2.05, 4.69) is 4.74 Å². The van der Waals surface area contributed by atoms with Gasteiger partial charge in [0.2, 0.25) is 6.79 Å². The van der Waals surface area contributed by atoms with Crippen LogP contribution < -0.4 is 14.2 Å². The highest BCUT2D eigenvalue weighted by Crippen LogP contribution is 2.38. The Morgan fingerprint density at radius 2 is 2.00 bits per heavy atom. The van der Waals surface area contributed by atoms with Crippen LogP contribution in [0.5, 0.6) is 17.2 Å². The van der Waals surface area contributed by atoms with Gasteiger partial charge in [0.05, 0.1) is 13.7 Å². The van der Waals surface area contributed by atoms with Gasteiger partial charge in [0.15, 0.2) is 11.5 Å². The SMILES string of the molecule is COC(=O)CCCOc1cc2c(cc1C(=O)O)OCO2. The molecular weight excluding hydrogens is 268 g/mol. The topological polar surface area (TPSA) is 91.3 Å².